The van der Waals surface area contributed by atoms with Gasteiger partial charge in [0.05, 0.1) is 18.9 Å². The van der Waals surface area contributed by atoms with E-state index in [9.17, 15) is 14.4 Å². The van der Waals surface area contributed by atoms with Crippen LogP contribution in [0.1, 0.15) is 37.7 Å². The molecule has 1 aromatic rings. The highest BCUT2D eigenvalue weighted by Crippen LogP contribution is 2.28. The molecule has 2 aliphatic rings. The Morgan fingerprint density at radius 3 is 2.40 bits per heavy atom. The van der Waals surface area contributed by atoms with Gasteiger partial charge in [0.2, 0.25) is 11.8 Å². The Labute approximate surface area is 147 Å². The van der Waals surface area contributed by atoms with Crippen LogP contribution >= 0.6 is 0 Å². The van der Waals surface area contributed by atoms with E-state index in [-0.39, 0.29) is 36.0 Å². The van der Waals surface area contributed by atoms with Crippen molar-refractivity contribution in [2.75, 3.05) is 12.4 Å². The van der Waals surface area contributed by atoms with Crippen molar-refractivity contribution in [3.63, 3.8) is 0 Å². The summed E-state index contributed by atoms with van der Waals surface area (Å²) in [5, 5.41) is 5.85. The van der Waals surface area contributed by atoms with Gasteiger partial charge in [0.1, 0.15) is 0 Å². The molecule has 2 fully saturated rings. The molecular weight excluding hydrogens is 320 g/mol. The molecule has 1 saturated carbocycles. The van der Waals surface area contributed by atoms with Gasteiger partial charge in [-0.1, -0.05) is 12.1 Å². The first kappa shape index (κ1) is 17.5. The van der Waals surface area contributed by atoms with Crippen LogP contribution in [0.25, 0.3) is 0 Å². The van der Waals surface area contributed by atoms with Gasteiger partial charge in [-0.3, -0.25) is 19.7 Å². The van der Waals surface area contributed by atoms with Crippen LogP contribution in [0.3, 0.4) is 0 Å². The number of imide groups is 1. The summed E-state index contributed by atoms with van der Waals surface area (Å²) in [6.45, 7) is 0. The molecule has 6 nitrogen and oxygen atoms in total. The molecule has 2 amide bonds. The SMILES string of the molecule is COC(=O)C1CCC(Nc2ccc(CC3CC(=O)NC3=O)cc2)CC1. The number of carbonyl (C=O) groups excluding carboxylic acids is 3. The zero-order valence-corrected chi connectivity index (χ0v) is 14.4. The molecular formula is C19H24N2O4. The molecule has 1 atom stereocenters. The average molecular weight is 344 g/mol. The molecule has 2 N–H and O–H groups in total. The quantitative estimate of drug-likeness (QED) is 0.631. The molecule has 1 aromatic carbocycles. The second-order valence-corrected chi connectivity index (χ2v) is 6.93. The predicted octanol–water partition coefficient (Wildman–Crippen LogP) is 2.04. The fraction of sp³-hybridized carbons (Fsp3) is 0.526. The van der Waals surface area contributed by atoms with Crippen LogP contribution in [0.5, 0.6) is 0 Å². The molecule has 0 spiro atoms. The van der Waals surface area contributed by atoms with Crippen LogP contribution in [0, 0.1) is 11.8 Å². The minimum atomic E-state index is -0.250. The first-order valence-electron chi connectivity index (χ1n) is 8.82. The van der Waals surface area contributed by atoms with E-state index >= 15 is 0 Å². The molecule has 0 radical (unpaired) electrons. The Kier molecular flexibility index (Phi) is 5.36. The topological polar surface area (TPSA) is 84.5 Å². The van der Waals surface area contributed by atoms with Crippen molar-refractivity contribution in [2.45, 2.75) is 44.6 Å². The zero-order valence-electron chi connectivity index (χ0n) is 14.4. The Morgan fingerprint density at radius 1 is 1.16 bits per heavy atom. The van der Waals surface area contributed by atoms with Crippen molar-refractivity contribution in [2.24, 2.45) is 11.8 Å². The number of amides is 2. The highest BCUT2D eigenvalue weighted by molar-refractivity contribution is 6.03. The van der Waals surface area contributed by atoms with Gasteiger partial charge in [0.25, 0.3) is 0 Å². The maximum atomic E-state index is 11.6. The van der Waals surface area contributed by atoms with Crippen LogP contribution in [0.15, 0.2) is 24.3 Å². The highest BCUT2D eigenvalue weighted by atomic mass is 16.5. The largest absolute Gasteiger partial charge is 0.469 e. The smallest absolute Gasteiger partial charge is 0.308 e. The molecule has 6 heteroatoms. The molecule has 25 heavy (non-hydrogen) atoms. The van der Waals surface area contributed by atoms with E-state index in [1.54, 1.807) is 0 Å². The van der Waals surface area contributed by atoms with Crippen molar-refractivity contribution in [1.29, 1.82) is 0 Å². The van der Waals surface area contributed by atoms with Gasteiger partial charge in [0.15, 0.2) is 0 Å². The first-order chi connectivity index (χ1) is 12.0. The number of hydrogen-bond donors (Lipinski definition) is 2. The number of nitrogens with one attached hydrogen (secondary N) is 2. The third kappa shape index (κ3) is 4.38. The van der Waals surface area contributed by atoms with Crippen LogP contribution in [-0.2, 0) is 25.5 Å². The third-order valence-corrected chi connectivity index (χ3v) is 5.13. The highest BCUT2D eigenvalue weighted by Gasteiger charge is 2.30. The first-order valence-corrected chi connectivity index (χ1v) is 8.82. The molecule has 134 valence electrons. The summed E-state index contributed by atoms with van der Waals surface area (Å²) in [5.41, 5.74) is 2.09. The Balaban J connectivity index is 1.49. The third-order valence-electron chi connectivity index (χ3n) is 5.13. The molecule has 1 aliphatic carbocycles. The predicted molar refractivity (Wildman–Crippen MR) is 92.8 cm³/mol. The van der Waals surface area contributed by atoms with E-state index in [0.717, 1.165) is 36.9 Å². The van der Waals surface area contributed by atoms with Gasteiger partial charge in [0, 0.05) is 18.2 Å². The summed E-state index contributed by atoms with van der Waals surface area (Å²) in [4.78, 5) is 34.4. The number of anilines is 1. The van der Waals surface area contributed by atoms with Gasteiger partial charge in [-0.25, -0.2) is 0 Å². The fourth-order valence-corrected chi connectivity index (χ4v) is 3.67. The zero-order chi connectivity index (χ0) is 17.8. The molecule has 1 aliphatic heterocycles. The molecule has 3 rings (SSSR count). The molecule has 1 saturated heterocycles. The molecule has 1 heterocycles. The Morgan fingerprint density at radius 2 is 1.84 bits per heavy atom. The summed E-state index contributed by atoms with van der Waals surface area (Å²) in [7, 11) is 1.44. The lowest BCUT2D eigenvalue weighted by Crippen LogP contribution is -2.29. The summed E-state index contributed by atoms with van der Waals surface area (Å²) in [6.07, 6.45) is 4.47. The normalized spacial score (nSPS) is 26.2. The maximum Gasteiger partial charge on any atom is 0.308 e. The minimum Gasteiger partial charge on any atom is -0.469 e. The van der Waals surface area contributed by atoms with E-state index in [1.165, 1.54) is 7.11 Å². The molecule has 0 aromatic heterocycles. The number of ether oxygens (including phenoxy) is 1. The van der Waals surface area contributed by atoms with Crippen molar-refractivity contribution in [3.05, 3.63) is 29.8 Å². The van der Waals surface area contributed by atoms with E-state index < -0.39 is 0 Å². The van der Waals surface area contributed by atoms with Crippen molar-refractivity contribution >= 4 is 23.5 Å². The summed E-state index contributed by atoms with van der Waals surface area (Å²) in [6, 6.07) is 8.38. The monoisotopic (exact) mass is 344 g/mol. The standard InChI is InChI=1S/C19H24N2O4/c1-25-19(24)13-4-8-16(9-5-13)20-15-6-2-12(3-7-15)10-14-11-17(22)21-18(14)23/h2-3,6-7,13-14,16,20H,4-5,8-11H2,1H3,(H,21,22,23). The molecule has 1 unspecified atom stereocenters. The second-order valence-electron chi connectivity index (χ2n) is 6.93. The number of esters is 1. The summed E-state index contributed by atoms with van der Waals surface area (Å²) in [5.74, 6) is -0.673. The van der Waals surface area contributed by atoms with Gasteiger partial charge < -0.3 is 10.1 Å². The van der Waals surface area contributed by atoms with Gasteiger partial charge in [-0.2, -0.15) is 0 Å². The van der Waals surface area contributed by atoms with Crippen molar-refractivity contribution in [1.82, 2.24) is 5.32 Å². The minimum absolute atomic E-state index is 0.0331. The van der Waals surface area contributed by atoms with Gasteiger partial charge in [-0.15, -0.1) is 0 Å². The van der Waals surface area contributed by atoms with Crippen molar-refractivity contribution < 1.29 is 19.1 Å². The van der Waals surface area contributed by atoms with Crippen LogP contribution in [0.4, 0.5) is 5.69 Å². The Hall–Kier alpha value is -2.37. The number of rotatable bonds is 5. The van der Waals surface area contributed by atoms with Gasteiger partial charge in [-0.05, 0) is 49.8 Å². The maximum absolute atomic E-state index is 11.6. The summed E-state index contributed by atoms with van der Waals surface area (Å²) >= 11 is 0. The Bertz CT molecular complexity index is 648. The van der Waals surface area contributed by atoms with E-state index in [1.807, 2.05) is 24.3 Å². The fourth-order valence-electron chi connectivity index (χ4n) is 3.67. The van der Waals surface area contributed by atoms with Crippen LogP contribution in [0.2, 0.25) is 0 Å². The van der Waals surface area contributed by atoms with Crippen LogP contribution in [-0.4, -0.2) is 30.9 Å². The number of benzene rings is 1. The van der Waals surface area contributed by atoms with Crippen LogP contribution < -0.4 is 10.6 Å². The van der Waals surface area contributed by atoms with E-state index in [2.05, 4.69) is 10.6 Å². The van der Waals surface area contributed by atoms with Crippen molar-refractivity contribution in [3.8, 4) is 0 Å². The number of methoxy groups -OCH3 is 1. The lowest BCUT2D eigenvalue weighted by Gasteiger charge is -2.28. The number of carbonyl (C=O) groups is 3. The lowest BCUT2D eigenvalue weighted by atomic mass is 9.86. The summed E-state index contributed by atoms with van der Waals surface area (Å²) < 4.78 is 4.82. The van der Waals surface area contributed by atoms with E-state index in [4.69, 9.17) is 4.74 Å². The van der Waals surface area contributed by atoms with E-state index in [0.29, 0.717) is 12.5 Å². The number of hydrogen-bond acceptors (Lipinski definition) is 5. The van der Waals surface area contributed by atoms with Gasteiger partial charge >= 0.3 is 5.97 Å². The molecule has 0 bridgehead atoms. The average Bonchev–Trinajstić information content (AvgIpc) is 2.94. The second kappa shape index (κ2) is 7.68. The lowest BCUT2D eigenvalue weighted by molar-refractivity contribution is -0.146.